The molecule has 30 heavy (non-hydrogen) atoms. The topological polar surface area (TPSA) is 80.3 Å². The maximum Gasteiger partial charge on any atom is 0.411 e. The molecule has 0 aliphatic heterocycles. The van der Waals surface area contributed by atoms with Gasteiger partial charge in [-0.05, 0) is 48.4 Å². The van der Waals surface area contributed by atoms with Crippen LogP contribution in [0.2, 0.25) is 5.02 Å². The predicted molar refractivity (Wildman–Crippen MR) is 112 cm³/mol. The quantitative estimate of drug-likeness (QED) is 0.572. The minimum atomic E-state index is -0.682. The van der Waals surface area contributed by atoms with Gasteiger partial charge in [-0.1, -0.05) is 35.9 Å². The first-order chi connectivity index (χ1) is 14.4. The summed E-state index contributed by atoms with van der Waals surface area (Å²) in [4.78, 5) is 27.8. The molecule has 0 aliphatic rings. The van der Waals surface area contributed by atoms with E-state index in [2.05, 4.69) is 15.6 Å². The standard InChI is InChI=1S/C22H19ClFN3O3/c1-14(26-21(28)19-10-11-25-12-20(19)24)16-4-8-18(9-5-16)27-22(29)30-13-15-2-6-17(23)7-3-15/h2-12,14H,13H2,1H3,(H,26,28)(H,27,29). The summed E-state index contributed by atoms with van der Waals surface area (Å²) in [5.41, 5.74) is 2.08. The van der Waals surface area contributed by atoms with Gasteiger partial charge in [-0.2, -0.15) is 0 Å². The first kappa shape index (κ1) is 21.3. The van der Waals surface area contributed by atoms with E-state index >= 15 is 0 Å². The Labute approximate surface area is 178 Å². The van der Waals surface area contributed by atoms with E-state index in [0.29, 0.717) is 10.7 Å². The van der Waals surface area contributed by atoms with Crippen LogP contribution < -0.4 is 10.6 Å². The number of ether oxygens (including phenoxy) is 1. The molecular formula is C22H19ClFN3O3. The molecule has 2 aromatic carbocycles. The molecule has 0 saturated carbocycles. The van der Waals surface area contributed by atoms with Crippen LogP contribution >= 0.6 is 11.6 Å². The van der Waals surface area contributed by atoms with E-state index in [1.807, 2.05) is 0 Å². The smallest absolute Gasteiger partial charge is 0.411 e. The fourth-order valence-corrected chi connectivity index (χ4v) is 2.78. The number of pyridine rings is 1. The number of anilines is 1. The highest BCUT2D eigenvalue weighted by Crippen LogP contribution is 2.18. The Balaban J connectivity index is 1.52. The number of hydrogen-bond donors (Lipinski definition) is 2. The van der Waals surface area contributed by atoms with Gasteiger partial charge in [-0.15, -0.1) is 0 Å². The summed E-state index contributed by atoms with van der Waals surface area (Å²) in [6.07, 6.45) is 1.76. The summed E-state index contributed by atoms with van der Waals surface area (Å²) < 4.78 is 18.8. The summed E-state index contributed by atoms with van der Waals surface area (Å²) in [6.45, 7) is 1.90. The van der Waals surface area contributed by atoms with Gasteiger partial charge in [0.15, 0.2) is 5.82 Å². The lowest BCUT2D eigenvalue weighted by Crippen LogP contribution is -2.27. The second-order valence-electron chi connectivity index (χ2n) is 6.50. The normalized spacial score (nSPS) is 11.4. The van der Waals surface area contributed by atoms with Gasteiger partial charge in [0, 0.05) is 16.9 Å². The van der Waals surface area contributed by atoms with E-state index in [1.54, 1.807) is 55.5 Å². The number of carbonyl (C=O) groups is 2. The molecule has 3 aromatic rings. The van der Waals surface area contributed by atoms with Crippen LogP contribution in [-0.2, 0) is 11.3 Å². The van der Waals surface area contributed by atoms with Crippen molar-refractivity contribution >= 4 is 29.3 Å². The molecule has 8 heteroatoms. The second kappa shape index (κ2) is 9.84. The Kier molecular flexibility index (Phi) is 6.98. The third-order valence-corrected chi connectivity index (χ3v) is 4.56. The molecule has 1 aromatic heterocycles. The van der Waals surface area contributed by atoms with E-state index in [4.69, 9.17) is 16.3 Å². The van der Waals surface area contributed by atoms with Crippen molar-refractivity contribution < 1.29 is 18.7 Å². The van der Waals surface area contributed by atoms with Gasteiger partial charge in [-0.25, -0.2) is 9.18 Å². The van der Waals surface area contributed by atoms with Crippen LogP contribution in [0.25, 0.3) is 0 Å². The van der Waals surface area contributed by atoms with E-state index in [-0.39, 0.29) is 18.2 Å². The molecule has 1 heterocycles. The summed E-state index contributed by atoms with van der Waals surface area (Å²) in [5.74, 6) is -1.21. The van der Waals surface area contributed by atoms with Crippen LogP contribution in [-0.4, -0.2) is 17.0 Å². The van der Waals surface area contributed by atoms with Crippen LogP contribution in [0, 0.1) is 5.82 Å². The number of nitrogens with one attached hydrogen (secondary N) is 2. The number of rotatable bonds is 6. The Morgan fingerprint density at radius 1 is 1.10 bits per heavy atom. The van der Waals surface area contributed by atoms with Gasteiger partial charge in [0.1, 0.15) is 6.61 Å². The Bertz CT molecular complexity index is 1030. The van der Waals surface area contributed by atoms with Crippen LogP contribution in [0.5, 0.6) is 0 Å². The minimum Gasteiger partial charge on any atom is -0.444 e. The van der Waals surface area contributed by atoms with Gasteiger partial charge < -0.3 is 10.1 Å². The fraction of sp³-hybridized carbons (Fsp3) is 0.136. The summed E-state index contributed by atoms with van der Waals surface area (Å²) in [6, 6.07) is 14.8. The number of nitrogens with zero attached hydrogens (tertiary/aromatic N) is 1. The monoisotopic (exact) mass is 427 g/mol. The lowest BCUT2D eigenvalue weighted by molar-refractivity contribution is 0.0935. The van der Waals surface area contributed by atoms with Crippen molar-refractivity contribution in [2.45, 2.75) is 19.6 Å². The van der Waals surface area contributed by atoms with E-state index in [9.17, 15) is 14.0 Å². The first-order valence-corrected chi connectivity index (χ1v) is 9.49. The Morgan fingerprint density at radius 3 is 2.47 bits per heavy atom. The largest absolute Gasteiger partial charge is 0.444 e. The van der Waals surface area contributed by atoms with Crippen molar-refractivity contribution in [2.24, 2.45) is 0 Å². The molecule has 3 rings (SSSR count). The lowest BCUT2D eigenvalue weighted by atomic mass is 10.1. The highest BCUT2D eigenvalue weighted by Gasteiger charge is 2.15. The van der Waals surface area contributed by atoms with Gasteiger partial charge in [0.2, 0.25) is 0 Å². The SMILES string of the molecule is CC(NC(=O)c1ccncc1F)c1ccc(NC(=O)OCc2ccc(Cl)cc2)cc1. The average molecular weight is 428 g/mol. The number of amides is 2. The zero-order valence-corrected chi connectivity index (χ0v) is 16.8. The fourth-order valence-electron chi connectivity index (χ4n) is 2.66. The average Bonchev–Trinajstić information content (AvgIpc) is 2.74. The van der Waals surface area contributed by atoms with Gasteiger partial charge in [-0.3, -0.25) is 15.1 Å². The molecule has 1 unspecified atom stereocenters. The number of halogens is 2. The molecule has 2 amide bonds. The second-order valence-corrected chi connectivity index (χ2v) is 6.94. The summed E-state index contributed by atoms with van der Waals surface area (Å²) >= 11 is 5.82. The first-order valence-electron chi connectivity index (χ1n) is 9.11. The molecule has 0 fully saturated rings. The maximum atomic E-state index is 13.7. The molecule has 6 nitrogen and oxygen atoms in total. The van der Waals surface area contributed by atoms with E-state index in [0.717, 1.165) is 17.3 Å². The van der Waals surface area contributed by atoms with E-state index in [1.165, 1.54) is 12.3 Å². The summed E-state index contributed by atoms with van der Waals surface area (Å²) in [5, 5.41) is 5.97. The van der Waals surface area contributed by atoms with Crippen LogP contribution in [0.3, 0.4) is 0 Å². The van der Waals surface area contributed by atoms with Gasteiger partial charge in [0.05, 0.1) is 17.8 Å². The van der Waals surface area contributed by atoms with Crippen LogP contribution in [0.15, 0.2) is 67.0 Å². The summed E-state index contributed by atoms with van der Waals surface area (Å²) in [7, 11) is 0. The Morgan fingerprint density at radius 2 is 1.80 bits per heavy atom. The highest BCUT2D eigenvalue weighted by atomic mass is 35.5. The minimum absolute atomic E-state index is 0.0708. The molecule has 0 radical (unpaired) electrons. The van der Waals surface area contributed by atoms with Gasteiger partial charge in [0.25, 0.3) is 5.91 Å². The van der Waals surface area contributed by atoms with Crippen LogP contribution in [0.1, 0.15) is 34.5 Å². The zero-order valence-electron chi connectivity index (χ0n) is 16.1. The van der Waals surface area contributed by atoms with Crippen molar-refractivity contribution in [3.63, 3.8) is 0 Å². The molecule has 2 N–H and O–H groups in total. The maximum absolute atomic E-state index is 13.7. The van der Waals surface area contributed by atoms with Crippen LogP contribution in [0.4, 0.5) is 14.9 Å². The molecule has 1 atom stereocenters. The zero-order chi connectivity index (χ0) is 21.5. The molecule has 0 bridgehead atoms. The van der Waals surface area contributed by atoms with Crippen molar-refractivity contribution in [3.8, 4) is 0 Å². The third kappa shape index (κ3) is 5.78. The molecule has 0 saturated heterocycles. The van der Waals surface area contributed by atoms with Crippen molar-refractivity contribution in [3.05, 3.63) is 94.5 Å². The van der Waals surface area contributed by atoms with Gasteiger partial charge >= 0.3 is 6.09 Å². The predicted octanol–water partition coefficient (Wildman–Crippen LogP) is 5.11. The highest BCUT2D eigenvalue weighted by molar-refractivity contribution is 6.30. The van der Waals surface area contributed by atoms with E-state index < -0.39 is 17.8 Å². The van der Waals surface area contributed by atoms with Crippen molar-refractivity contribution in [1.82, 2.24) is 10.3 Å². The molecule has 0 aliphatic carbocycles. The lowest BCUT2D eigenvalue weighted by Gasteiger charge is -2.15. The molecule has 154 valence electrons. The molecular weight excluding hydrogens is 409 g/mol. The van der Waals surface area contributed by atoms with Crippen molar-refractivity contribution in [1.29, 1.82) is 0 Å². The number of benzene rings is 2. The molecule has 0 spiro atoms. The number of hydrogen-bond acceptors (Lipinski definition) is 4. The number of aromatic nitrogens is 1. The van der Waals surface area contributed by atoms with Crippen molar-refractivity contribution in [2.75, 3.05) is 5.32 Å². The third-order valence-electron chi connectivity index (χ3n) is 4.30. The number of carbonyl (C=O) groups excluding carboxylic acids is 2. The Hall–Kier alpha value is -3.45.